The van der Waals surface area contributed by atoms with Crippen LogP contribution in [0.5, 0.6) is 11.5 Å². The Morgan fingerprint density at radius 3 is 1.11 bits per heavy atom. The van der Waals surface area contributed by atoms with Crippen molar-refractivity contribution in [1.29, 1.82) is 0 Å². The lowest BCUT2D eigenvalue weighted by Crippen LogP contribution is -2.02. The summed E-state index contributed by atoms with van der Waals surface area (Å²) < 4.78 is 11.5. The monoisotopic (exact) mass is 532 g/mol. The van der Waals surface area contributed by atoms with Crippen molar-refractivity contribution in [2.45, 2.75) is 68.2 Å². The van der Waals surface area contributed by atoms with E-state index in [1.165, 1.54) is 22.6 Å². The first-order valence-electron chi connectivity index (χ1n) is 13.7. The van der Waals surface area contributed by atoms with Crippen molar-refractivity contribution in [2.24, 2.45) is 23.7 Å². The fourth-order valence-electron chi connectivity index (χ4n) is 3.46. The Morgan fingerprint density at radius 2 is 0.833 bits per heavy atom. The second kappa shape index (κ2) is 19.8. The molecule has 0 amide bonds. The van der Waals surface area contributed by atoms with Crippen molar-refractivity contribution in [2.75, 3.05) is 36.2 Å². The Labute approximate surface area is 231 Å². The first-order valence-corrected chi connectivity index (χ1v) is 16.1. The number of hydrogen-bond donors (Lipinski definition) is 0. The van der Waals surface area contributed by atoms with E-state index in [2.05, 4.69) is 104 Å². The molecule has 0 aromatic heterocycles. The number of rotatable bonds is 16. The predicted octanol–water partition coefficient (Wildman–Crippen LogP) is 9.31. The molecule has 2 aromatic rings. The minimum atomic E-state index is 0.712. The number of hydrogen-bond acceptors (Lipinski definition) is 4. The number of thioether (sulfide) groups is 2. The van der Waals surface area contributed by atoms with Crippen LogP contribution in [0.15, 0.2) is 48.5 Å². The van der Waals surface area contributed by atoms with Crippen molar-refractivity contribution in [3.63, 3.8) is 0 Å². The van der Waals surface area contributed by atoms with E-state index in [0.29, 0.717) is 11.8 Å². The van der Waals surface area contributed by atoms with Crippen LogP contribution in [0.2, 0.25) is 0 Å². The van der Waals surface area contributed by atoms with Crippen LogP contribution in [0.4, 0.5) is 0 Å². The van der Waals surface area contributed by atoms with E-state index < -0.39 is 0 Å². The van der Waals surface area contributed by atoms with E-state index in [1.54, 1.807) is 0 Å². The molecule has 0 atom stereocenters. The van der Waals surface area contributed by atoms with Gasteiger partial charge in [0.05, 0.1) is 13.2 Å². The van der Waals surface area contributed by atoms with Crippen molar-refractivity contribution in [3.8, 4) is 11.5 Å². The molecule has 0 saturated heterocycles. The molecular formula is C32H52O2S2. The van der Waals surface area contributed by atoms with E-state index in [1.807, 2.05) is 23.5 Å². The summed E-state index contributed by atoms with van der Waals surface area (Å²) in [5, 5.41) is 0. The van der Waals surface area contributed by atoms with Gasteiger partial charge in [0.25, 0.3) is 0 Å². The SMILES string of the molecule is CC(C)CSCCOc1ccc(CC(C)C)cc1.CC(C)CSCCOc1ccc(CC(C)C)cc1. The third kappa shape index (κ3) is 18.1. The standard InChI is InChI=1S/2C16H26OS/c2*1-13(2)11-15-5-7-16(8-6-15)17-9-10-18-12-14(3)4/h2*5-8,13-14H,9-12H2,1-4H3. The molecule has 0 heterocycles. The summed E-state index contributed by atoms with van der Waals surface area (Å²) in [7, 11) is 0. The summed E-state index contributed by atoms with van der Waals surface area (Å²) in [5.74, 6) is 9.54. The molecule has 0 bridgehead atoms. The van der Waals surface area contributed by atoms with E-state index in [4.69, 9.17) is 9.47 Å². The van der Waals surface area contributed by atoms with Crippen LogP contribution in [0.25, 0.3) is 0 Å². The lowest BCUT2D eigenvalue weighted by atomic mass is 10.0. The van der Waals surface area contributed by atoms with Gasteiger partial charge in [-0.05, 0) is 83.4 Å². The van der Waals surface area contributed by atoms with Gasteiger partial charge < -0.3 is 9.47 Å². The Kier molecular flexibility index (Phi) is 18.0. The van der Waals surface area contributed by atoms with Gasteiger partial charge in [-0.15, -0.1) is 0 Å². The zero-order valence-corrected chi connectivity index (χ0v) is 25.9. The van der Waals surface area contributed by atoms with Gasteiger partial charge in [-0.1, -0.05) is 79.7 Å². The van der Waals surface area contributed by atoms with Crippen molar-refractivity contribution >= 4 is 23.5 Å². The molecule has 204 valence electrons. The molecule has 0 aliphatic carbocycles. The third-order valence-corrected chi connectivity index (χ3v) is 7.75. The molecule has 4 heteroatoms. The Bertz CT molecular complexity index is 700. The maximum atomic E-state index is 5.73. The Morgan fingerprint density at radius 1 is 0.500 bits per heavy atom. The topological polar surface area (TPSA) is 18.5 Å². The summed E-state index contributed by atoms with van der Waals surface area (Å²) in [4.78, 5) is 0. The van der Waals surface area contributed by atoms with Crippen LogP contribution in [0.3, 0.4) is 0 Å². The van der Waals surface area contributed by atoms with Gasteiger partial charge in [0.2, 0.25) is 0 Å². The van der Waals surface area contributed by atoms with Gasteiger partial charge in [-0.2, -0.15) is 23.5 Å². The molecule has 0 radical (unpaired) electrons. The van der Waals surface area contributed by atoms with Crippen LogP contribution >= 0.6 is 23.5 Å². The number of benzene rings is 2. The van der Waals surface area contributed by atoms with E-state index in [0.717, 1.165) is 60.9 Å². The summed E-state index contributed by atoms with van der Waals surface area (Å²) in [6.45, 7) is 19.6. The van der Waals surface area contributed by atoms with E-state index in [9.17, 15) is 0 Å². The average Bonchev–Trinajstić information content (AvgIpc) is 2.80. The van der Waals surface area contributed by atoms with Crippen LogP contribution in [-0.4, -0.2) is 36.2 Å². The quantitative estimate of drug-likeness (QED) is 0.200. The van der Waals surface area contributed by atoms with Crippen molar-refractivity contribution in [3.05, 3.63) is 59.7 Å². The van der Waals surface area contributed by atoms with E-state index in [-0.39, 0.29) is 0 Å². The van der Waals surface area contributed by atoms with Crippen molar-refractivity contribution in [1.82, 2.24) is 0 Å². The normalized spacial score (nSPS) is 11.2. The average molecular weight is 533 g/mol. The van der Waals surface area contributed by atoms with Gasteiger partial charge in [-0.25, -0.2) is 0 Å². The van der Waals surface area contributed by atoms with Crippen LogP contribution in [-0.2, 0) is 12.8 Å². The first-order chi connectivity index (χ1) is 17.2. The molecular weight excluding hydrogens is 480 g/mol. The molecule has 0 fully saturated rings. The zero-order chi connectivity index (χ0) is 26.8. The highest BCUT2D eigenvalue weighted by Crippen LogP contribution is 2.17. The maximum Gasteiger partial charge on any atom is 0.119 e. The second-order valence-corrected chi connectivity index (χ2v) is 13.4. The lowest BCUT2D eigenvalue weighted by molar-refractivity contribution is 0.343. The van der Waals surface area contributed by atoms with Crippen LogP contribution in [0.1, 0.15) is 66.5 Å². The maximum absolute atomic E-state index is 5.73. The molecule has 36 heavy (non-hydrogen) atoms. The van der Waals surface area contributed by atoms with Gasteiger partial charge in [0, 0.05) is 11.5 Å². The second-order valence-electron chi connectivity index (χ2n) is 11.1. The highest BCUT2D eigenvalue weighted by molar-refractivity contribution is 7.99. The summed E-state index contributed by atoms with van der Waals surface area (Å²) in [6.07, 6.45) is 2.29. The molecule has 2 rings (SSSR count). The van der Waals surface area contributed by atoms with Crippen LogP contribution in [0, 0.1) is 23.7 Å². The molecule has 0 spiro atoms. The van der Waals surface area contributed by atoms with E-state index >= 15 is 0 Å². The summed E-state index contributed by atoms with van der Waals surface area (Å²) in [6, 6.07) is 17.1. The minimum absolute atomic E-state index is 0.712. The van der Waals surface area contributed by atoms with Gasteiger partial charge >= 0.3 is 0 Å². The lowest BCUT2D eigenvalue weighted by Gasteiger charge is -2.09. The molecule has 0 saturated carbocycles. The number of ether oxygens (including phenoxy) is 2. The highest BCUT2D eigenvalue weighted by atomic mass is 32.2. The molecule has 0 N–H and O–H groups in total. The predicted molar refractivity (Wildman–Crippen MR) is 165 cm³/mol. The smallest absolute Gasteiger partial charge is 0.119 e. The zero-order valence-electron chi connectivity index (χ0n) is 24.2. The summed E-state index contributed by atoms with van der Waals surface area (Å²) >= 11 is 3.93. The van der Waals surface area contributed by atoms with Gasteiger partial charge in [0.15, 0.2) is 0 Å². The van der Waals surface area contributed by atoms with Gasteiger partial charge in [0.1, 0.15) is 11.5 Å². The fourth-order valence-corrected chi connectivity index (χ4v) is 5.14. The Balaban J connectivity index is 0.000000360. The molecule has 0 unspecified atom stereocenters. The molecule has 2 nitrogen and oxygen atoms in total. The largest absolute Gasteiger partial charge is 0.493 e. The minimum Gasteiger partial charge on any atom is -0.493 e. The fraction of sp³-hybridized carbons (Fsp3) is 0.625. The molecule has 2 aromatic carbocycles. The molecule has 0 aliphatic heterocycles. The first kappa shape index (κ1) is 32.8. The Hall–Kier alpha value is -1.26. The van der Waals surface area contributed by atoms with Crippen molar-refractivity contribution < 1.29 is 9.47 Å². The highest BCUT2D eigenvalue weighted by Gasteiger charge is 2.01. The van der Waals surface area contributed by atoms with Crippen LogP contribution < -0.4 is 9.47 Å². The summed E-state index contributed by atoms with van der Waals surface area (Å²) in [5.41, 5.74) is 2.79. The molecule has 0 aliphatic rings. The van der Waals surface area contributed by atoms with Gasteiger partial charge in [-0.3, -0.25) is 0 Å². The third-order valence-electron chi connectivity index (χ3n) is 5.03.